The van der Waals surface area contributed by atoms with Crippen molar-refractivity contribution < 1.29 is 20.4 Å². The Morgan fingerprint density at radius 2 is 1.67 bits per heavy atom. The van der Waals surface area contributed by atoms with Crippen LogP contribution in [0.4, 0.5) is 0 Å². The van der Waals surface area contributed by atoms with Gasteiger partial charge in [0.25, 0.3) is 0 Å². The van der Waals surface area contributed by atoms with Gasteiger partial charge < -0.3 is 20.4 Å². The third-order valence-corrected chi connectivity index (χ3v) is 1.08. The van der Waals surface area contributed by atoms with E-state index in [1.54, 1.807) is 0 Å². The minimum atomic E-state index is -1.25. The van der Waals surface area contributed by atoms with E-state index >= 15 is 0 Å². The standard InChI is InChI=1S/C5H12O4/c1-3(7)5(9)4(8)2-6/h3-9H,2H2,1H3. The van der Waals surface area contributed by atoms with Crippen LogP contribution in [0.3, 0.4) is 0 Å². The second-order valence-corrected chi connectivity index (χ2v) is 1.98. The molecule has 9 heavy (non-hydrogen) atoms. The third kappa shape index (κ3) is 2.76. The highest BCUT2D eigenvalue weighted by Crippen LogP contribution is 1.97. The van der Waals surface area contributed by atoms with Gasteiger partial charge in [0.05, 0.1) is 12.7 Å². The molecule has 4 nitrogen and oxygen atoms in total. The molecule has 0 fully saturated rings. The van der Waals surface area contributed by atoms with E-state index in [2.05, 4.69) is 0 Å². The fourth-order valence-corrected chi connectivity index (χ4v) is 0.429. The van der Waals surface area contributed by atoms with E-state index in [4.69, 9.17) is 20.4 Å². The summed E-state index contributed by atoms with van der Waals surface area (Å²) in [5, 5.41) is 34.2. The van der Waals surface area contributed by atoms with E-state index in [1.807, 2.05) is 0 Å². The van der Waals surface area contributed by atoms with Crippen molar-refractivity contribution in [3.63, 3.8) is 0 Å². The van der Waals surface area contributed by atoms with Crippen molar-refractivity contribution in [1.29, 1.82) is 0 Å². The van der Waals surface area contributed by atoms with Crippen molar-refractivity contribution in [2.75, 3.05) is 6.61 Å². The van der Waals surface area contributed by atoms with Gasteiger partial charge in [0.2, 0.25) is 0 Å². The fraction of sp³-hybridized carbons (Fsp3) is 1.00. The Labute approximate surface area is 53.4 Å². The van der Waals surface area contributed by atoms with Gasteiger partial charge in [0.1, 0.15) is 12.2 Å². The smallest absolute Gasteiger partial charge is 0.108 e. The first-order valence-electron chi connectivity index (χ1n) is 2.74. The minimum Gasteiger partial charge on any atom is -0.394 e. The molecule has 4 N–H and O–H groups in total. The van der Waals surface area contributed by atoms with Crippen LogP contribution in [0.2, 0.25) is 0 Å². The maximum absolute atomic E-state index is 8.73. The summed E-state index contributed by atoms with van der Waals surface area (Å²) in [6, 6.07) is 0. The lowest BCUT2D eigenvalue weighted by molar-refractivity contribution is -0.0698. The Morgan fingerprint density at radius 3 is 1.78 bits per heavy atom. The molecule has 0 aromatic heterocycles. The van der Waals surface area contributed by atoms with Crippen LogP contribution >= 0.6 is 0 Å². The van der Waals surface area contributed by atoms with Gasteiger partial charge >= 0.3 is 0 Å². The molecular weight excluding hydrogens is 124 g/mol. The number of aliphatic hydroxyl groups is 4. The van der Waals surface area contributed by atoms with E-state index in [1.165, 1.54) is 6.92 Å². The van der Waals surface area contributed by atoms with Gasteiger partial charge in [0, 0.05) is 0 Å². The summed E-state index contributed by atoms with van der Waals surface area (Å²) in [6.07, 6.45) is -3.51. The summed E-state index contributed by atoms with van der Waals surface area (Å²) in [7, 11) is 0. The van der Waals surface area contributed by atoms with Crippen LogP contribution in [0, 0.1) is 0 Å². The number of hydrogen-bond acceptors (Lipinski definition) is 4. The number of aliphatic hydroxyl groups excluding tert-OH is 4. The summed E-state index contributed by atoms with van der Waals surface area (Å²) < 4.78 is 0. The summed E-state index contributed by atoms with van der Waals surface area (Å²) in [5.74, 6) is 0. The Morgan fingerprint density at radius 1 is 1.22 bits per heavy atom. The van der Waals surface area contributed by atoms with Crippen molar-refractivity contribution in [1.82, 2.24) is 0 Å². The molecule has 3 atom stereocenters. The van der Waals surface area contributed by atoms with Crippen LogP contribution in [0.25, 0.3) is 0 Å². The summed E-state index contributed by atoms with van der Waals surface area (Å²) >= 11 is 0. The molecule has 3 unspecified atom stereocenters. The molecule has 4 heteroatoms. The molecule has 0 aliphatic carbocycles. The van der Waals surface area contributed by atoms with Gasteiger partial charge in [-0.05, 0) is 6.92 Å². The molecule has 0 saturated heterocycles. The minimum absolute atomic E-state index is 0.536. The Balaban J connectivity index is 3.58. The van der Waals surface area contributed by atoms with Gasteiger partial charge in [-0.15, -0.1) is 0 Å². The first kappa shape index (κ1) is 8.84. The Bertz CT molecular complexity index is 73.4. The molecule has 56 valence electrons. The van der Waals surface area contributed by atoms with Gasteiger partial charge in [-0.2, -0.15) is 0 Å². The van der Waals surface area contributed by atoms with Crippen molar-refractivity contribution in [2.24, 2.45) is 0 Å². The molecule has 0 aromatic rings. The lowest BCUT2D eigenvalue weighted by Gasteiger charge is -2.17. The van der Waals surface area contributed by atoms with Crippen LogP contribution in [-0.4, -0.2) is 45.3 Å². The lowest BCUT2D eigenvalue weighted by atomic mass is 10.1. The average molecular weight is 136 g/mol. The predicted octanol–water partition coefficient (Wildman–Crippen LogP) is -1.92. The molecule has 0 bridgehead atoms. The molecule has 0 aromatic carbocycles. The first-order valence-corrected chi connectivity index (χ1v) is 2.74. The maximum Gasteiger partial charge on any atom is 0.108 e. The lowest BCUT2D eigenvalue weighted by Crippen LogP contribution is -2.37. The molecular formula is C5H12O4. The van der Waals surface area contributed by atoms with Gasteiger partial charge in [-0.1, -0.05) is 0 Å². The monoisotopic (exact) mass is 136 g/mol. The predicted molar refractivity (Wildman–Crippen MR) is 30.8 cm³/mol. The van der Waals surface area contributed by atoms with E-state index in [0.717, 1.165) is 0 Å². The van der Waals surface area contributed by atoms with Gasteiger partial charge in [-0.25, -0.2) is 0 Å². The van der Waals surface area contributed by atoms with E-state index < -0.39 is 24.9 Å². The third-order valence-electron chi connectivity index (χ3n) is 1.08. The summed E-state index contributed by atoms with van der Waals surface area (Å²) in [6.45, 7) is 0.801. The van der Waals surface area contributed by atoms with E-state index in [9.17, 15) is 0 Å². The molecule has 0 amide bonds. The highest BCUT2D eigenvalue weighted by Gasteiger charge is 2.19. The second kappa shape index (κ2) is 3.79. The highest BCUT2D eigenvalue weighted by molar-refractivity contribution is 4.70. The number of hydrogen-bond donors (Lipinski definition) is 4. The van der Waals surface area contributed by atoms with Gasteiger partial charge in [-0.3, -0.25) is 0 Å². The highest BCUT2D eigenvalue weighted by atomic mass is 16.4. The average Bonchev–Trinajstić information content (AvgIpc) is 1.84. The molecule has 0 rings (SSSR count). The van der Waals surface area contributed by atoms with Gasteiger partial charge in [0.15, 0.2) is 0 Å². The van der Waals surface area contributed by atoms with Crippen molar-refractivity contribution in [3.8, 4) is 0 Å². The summed E-state index contributed by atoms with van der Waals surface area (Å²) in [5.41, 5.74) is 0. The molecule has 0 heterocycles. The van der Waals surface area contributed by atoms with Crippen LogP contribution in [0.15, 0.2) is 0 Å². The Hall–Kier alpha value is -0.160. The first-order chi connectivity index (χ1) is 4.09. The van der Waals surface area contributed by atoms with Crippen LogP contribution in [-0.2, 0) is 0 Å². The van der Waals surface area contributed by atoms with Crippen LogP contribution in [0.1, 0.15) is 6.92 Å². The van der Waals surface area contributed by atoms with Crippen molar-refractivity contribution in [2.45, 2.75) is 25.2 Å². The Kier molecular flexibility index (Phi) is 3.72. The SMILES string of the molecule is CC(O)C(O)C(O)CO. The largest absolute Gasteiger partial charge is 0.394 e. The normalized spacial score (nSPS) is 21.0. The van der Waals surface area contributed by atoms with Crippen molar-refractivity contribution >= 4 is 0 Å². The second-order valence-electron chi connectivity index (χ2n) is 1.98. The maximum atomic E-state index is 8.73. The quantitative estimate of drug-likeness (QED) is 0.364. The zero-order chi connectivity index (χ0) is 7.44. The van der Waals surface area contributed by atoms with Crippen LogP contribution in [0.5, 0.6) is 0 Å². The molecule has 0 spiro atoms. The van der Waals surface area contributed by atoms with E-state index in [0.29, 0.717) is 0 Å². The van der Waals surface area contributed by atoms with Crippen molar-refractivity contribution in [3.05, 3.63) is 0 Å². The topological polar surface area (TPSA) is 80.9 Å². The van der Waals surface area contributed by atoms with E-state index in [-0.39, 0.29) is 0 Å². The molecule has 0 saturated carbocycles. The fourth-order valence-electron chi connectivity index (χ4n) is 0.429. The van der Waals surface area contributed by atoms with Crippen LogP contribution < -0.4 is 0 Å². The molecule has 0 radical (unpaired) electrons. The zero-order valence-corrected chi connectivity index (χ0v) is 5.23. The zero-order valence-electron chi connectivity index (χ0n) is 5.23. The molecule has 0 aliphatic heterocycles. The number of rotatable bonds is 3. The molecule has 0 aliphatic rings. The summed E-state index contributed by atoms with van der Waals surface area (Å²) in [4.78, 5) is 0.